The molecular weight excluding hydrogens is 300 g/mol. The largest absolute Gasteiger partial charge is 0.279 e. The van der Waals surface area contributed by atoms with E-state index in [1.807, 2.05) is 6.07 Å². The van der Waals surface area contributed by atoms with E-state index in [2.05, 4.69) is 14.7 Å². The molecule has 1 N–H and O–H groups in total. The lowest BCUT2D eigenvalue weighted by Crippen LogP contribution is -2.14. The number of anilines is 1. The van der Waals surface area contributed by atoms with Gasteiger partial charge in [-0.2, -0.15) is 5.26 Å². The first-order valence-electron chi connectivity index (χ1n) is 5.43. The Balaban J connectivity index is 2.38. The smallest absolute Gasteiger partial charge is 0.264 e. The molecule has 0 fully saturated rings. The highest BCUT2D eigenvalue weighted by molar-refractivity contribution is 7.92. The van der Waals surface area contributed by atoms with Gasteiger partial charge in [0.1, 0.15) is 4.90 Å². The van der Waals surface area contributed by atoms with Crippen LogP contribution >= 0.6 is 11.6 Å². The van der Waals surface area contributed by atoms with E-state index in [9.17, 15) is 8.42 Å². The minimum Gasteiger partial charge on any atom is -0.279 e. The number of rotatable bonds is 3. The lowest BCUT2D eigenvalue weighted by Gasteiger charge is -2.10. The molecule has 0 saturated carbocycles. The fraction of sp³-hybridized carbons (Fsp3) is 0.0833. The molecule has 1 aromatic carbocycles. The summed E-state index contributed by atoms with van der Waals surface area (Å²) in [6, 6.07) is 6.68. The first-order chi connectivity index (χ1) is 9.42. The Hall–Kier alpha value is -2.17. The van der Waals surface area contributed by atoms with Gasteiger partial charge >= 0.3 is 0 Å². The Bertz CT molecular complexity index is 782. The number of benzene rings is 1. The van der Waals surface area contributed by atoms with Crippen molar-refractivity contribution in [2.75, 3.05) is 4.72 Å². The van der Waals surface area contributed by atoms with Crippen LogP contribution in [0.4, 0.5) is 5.69 Å². The Morgan fingerprint density at radius 3 is 2.55 bits per heavy atom. The fourth-order valence-corrected chi connectivity index (χ4v) is 2.55. The Kier molecular flexibility index (Phi) is 3.88. The molecule has 2 aromatic rings. The van der Waals surface area contributed by atoms with Crippen LogP contribution in [0.3, 0.4) is 0 Å². The van der Waals surface area contributed by atoms with Crippen molar-refractivity contribution in [3.63, 3.8) is 0 Å². The van der Waals surface area contributed by atoms with Crippen molar-refractivity contribution in [3.05, 3.63) is 47.0 Å². The molecule has 0 spiro atoms. The summed E-state index contributed by atoms with van der Waals surface area (Å²) in [4.78, 5) is 7.14. The van der Waals surface area contributed by atoms with Crippen LogP contribution in [0.2, 0.25) is 5.28 Å². The van der Waals surface area contributed by atoms with Gasteiger partial charge in [-0.05, 0) is 36.2 Å². The highest BCUT2D eigenvalue weighted by Crippen LogP contribution is 2.20. The van der Waals surface area contributed by atoms with Gasteiger partial charge in [0.25, 0.3) is 10.0 Å². The summed E-state index contributed by atoms with van der Waals surface area (Å²) >= 11 is 5.51. The molecule has 8 heteroatoms. The van der Waals surface area contributed by atoms with Gasteiger partial charge < -0.3 is 0 Å². The first-order valence-corrected chi connectivity index (χ1v) is 7.29. The second kappa shape index (κ2) is 5.45. The maximum atomic E-state index is 12.1. The zero-order valence-corrected chi connectivity index (χ0v) is 11.9. The molecule has 0 saturated heterocycles. The number of aryl methyl sites for hydroxylation is 1. The maximum Gasteiger partial charge on any atom is 0.264 e. The van der Waals surface area contributed by atoms with Gasteiger partial charge in [-0.15, -0.1) is 0 Å². The highest BCUT2D eigenvalue weighted by atomic mass is 35.5. The summed E-state index contributed by atoms with van der Waals surface area (Å²) in [5.41, 5.74) is 1.39. The van der Waals surface area contributed by atoms with Gasteiger partial charge in [-0.3, -0.25) is 4.72 Å². The topological polar surface area (TPSA) is 95.7 Å². The molecule has 1 aromatic heterocycles. The van der Waals surface area contributed by atoms with Crippen molar-refractivity contribution in [1.82, 2.24) is 9.97 Å². The molecule has 0 atom stereocenters. The lowest BCUT2D eigenvalue weighted by atomic mass is 10.1. The van der Waals surface area contributed by atoms with E-state index in [0.717, 1.165) is 12.4 Å². The summed E-state index contributed by atoms with van der Waals surface area (Å²) in [6.07, 6.45) is 2.22. The van der Waals surface area contributed by atoms with Crippen LogP contribution in [0, 0.1) is 18.3 Å². The van der Waals surface area contributed by atoms with E-state index >= 15 is 0 Å². The Morgan fingerprint density at radius 2 is 1.95 bits per heavy atom. The Morgan fingerprint density at radius 1 is 1.30 bits per heavy atom. The molecule has 0 unspecified atom stereocenters. The average molecular weight is 309 g/mol. The molecule has 0 radical (unpaired) electrons. The first kappa shape index (κ1) is 14.2. The summed E-state index contributed by atoms with van der Waals surface area (Å²) in [7, 11) is -3.82. The van der Waals surface area contributed by atoms with Gasteiger partial charge in [-0.25, -0.2) is 18.4 Å². The van der Waals surface area contributed by atoms with Crippen molar-refractivity contribution in [2.24, 2.45) is 0 Å². The third-order valence-electron chi connectivity index (χ3n) is 2.52. The number of nitriles is 1. The van der Waals surface area contributed by atoms with Gasteiger partial charge in [0.15, 0.2) is 0 Å². The van der Waals surface area contributed by atoms with Crippen molar-refractivity contribution < 1.29 is 8.42 Å². The SMILES string of the molecule is Cc1ccc(C#N)cc1NS(=O)(=O)c1cnc(Cl)nc1. The molecular formula is C12H9ClN4O2S. The monoisotopic (exact) mass is 308 g/mol. The van der Waals surface area contributed by atoms with Crippen molar-refractivity contribution >= 4 is 27.3 Å². The van der Waals surface area contributed by atoms with Gasteiger partial charge in [0, 0.05) is 0 Å². The van der Waals surface area contributed by atoms with Crippen LogP contribution in [0.25, 0.3) is 0 Å². The molecule has 0 amide bonds. The number of hydrogen-bond acceptors (Lipinski definition) is 5. The van der Waals surface area contributed by atoms with Crippen LogP contribution in [0.15, 0.2) is 35.5 Å². The number of hydrogen-bond donors (Lipinski definition) is 1. The quantitative estimate of drug-likeness (QED) is 0.876. The normalized spacial score (nSPS) is 10.8. The van der Waals surface area contributed by atoms with Crippen molar-refractivity contribution in [1.29, 1.82) is 5.26 Å². The van der Waals surface area contributed by atoms with Gasteiger partial charge in [0.05, 0.1) is 29.7 Å². The molecule has 0 aliphatic rings. The van der Waals surface area contributed by atoms with Crippen molar-refractivity contribution in [2.45, 2.75) is 11.8 Å². The number of aromatic nitrogens is 2. The van der Waals surface area contributed by atoms with Crippen LogP contribution in [0.5, 0.6) is 0 Å². The number of sulfonamides is 1. The fourth-order valence-electron chi connectivity index (χ4n) is 1.44. The molecule has 1 heterocycles. The maximum absolute atomic E-state index is 12.1. The lowest BCUT2D eigenvalue weighted by molar-refractivity contribution is 0.600. The minimum atomic E-state index is -3.82. The molecule has 2 rings (SSSR count). The van der Waals surface area contributed by atoms with Crippen LogP contribution in [-0.4, -0.2) is 18.4 Å². The second-order valence-corrected chi connectivity index (χ2v) is 5.96. The predicted octanol–water partition coefficient (Wildman–Crippen LogP) is 2.11. The zero-order valence-electron chi connectivity index (χ0n) is 10.3. The highest BCUT2D eigenvalue weighted by Gasteiger charge is 2.16. The number of nitrogens with one attached hydrogen (secondary N) is 1. The summed E-state index contributed by atoms with van der Waals surface area (Å²) in [5, 5.41) is 8.80. The number of halogens is 1. The third-order valence-corrected chi connectivity index (χ3v) is 4.03. The molecule has 0 aliphatic heterocycles. The van der Waals surface area contributed by atoms with E-state index in [-0.39, 0.29) is 10.2 Å². The van der Waals surface area contributed by atoms with E-state index in [1.165, 1.54) is 6.07 Å². The standard InChI is InChI=1S/C12H9ClN4O2S/c1-8-2-3-9(5-14)4-11(8)17-20(18,19)10-6-15-12(13)16-7-10/h2-4,6-7,17H,1H3. The van der Waals surface area contributed by atoms with E-state index in [1.54, 1.807) is 19.1 Å². The number of nitrogens with zero attached hydrogens (tertiary/aromatic N) is 3. The van der Waals surface area contributed by atoms with E-state index in [0.29, 0.717) is 16.8 Å². The van der Waals surface area contributed by atoms with Crippen molar-refractivity contribution in [3.8, 4) is 6.07 Å². The second-order valence-electron chi connectivity index (χ2n) is 3.93. The van der Waals surface area contributed by atoms with Crippen LogP contribution in [0.1, 0.15) is 11.1 Å². The van der Waals surface area contributed by atoms with E-state index < -0.39 is 10.0 Å². The summed E-state index contributed by atoms with van der Waals surface area (Å²) < 4.78 is 26.7. The molecule has 0 aliphatic carbocycles. The Labute approximate surface area is 121 Å². The molecule has 102 valence electrons. The molecule has 20 heavy (non-hydrogen) atoms. The summed E-state index contributed by atoms with van der Waals surface area (Å²) in [6.45, 7) is 1.73. The van der Waals surface area contributed by atoms with Gasteiger partial charge in [0.2, 0.25) is 5.28 Å². The minimum absolute atomic E-state index is 0.0355. The molecule has 0 bridgehead atoms. The molecule has 6 nitrogen and oxygen atoms in total. The third kappa shape index (κ3) is 3.04. The van der Waals surface area contributed by atoms with Gasteiger partial charge in [-0.1, -0.05) is 6.07 Å². The van der Waals surface area contributed by atoms with Crippen LogP contribution < -0.4 is 4.72 Å². The predicted molar refractivity (Wildman–Crippen MR) is 73.7 cm³/mol. The average Bonchev–Trinajstić information content (AvgIpc) is 2.41. The van der Waals surface area contributed by atoms with E-state index in [4.69, 9.17) is 16.9 Å². The zero-order chi connectivity index (χ0) is 14.8. The van der Waals surface area contributed by atoms with Crippen LogP contribution in [-0.2, 0) is 10.0 Å². The summed E-state index contributed by atoms with van der Waals surface area (Å²) in [5.74, 6) is 0.